The Hall–Kier alpha value is -0.940. The van der Waals surface area contributed by atoms with Crippen LogP contribution in [0.25, 0.3) is 10.2 Å². The van der Waals surface area contributed by atoms with Crippen molar-refractivity contribution < 1.29 is 5.21 Å². The molecule has 2 rings (SSSR count). The van der Waals surface area contributed by atoms with Crippen LogP contribution in [0.1, 0.15) is 13.8 Å². The topological polar surface area (TPSA) is 50.1 Å². The number of rotatable bonds is 2. The summed E-state index contributed by atoms with van der Waals surface area (Å²) in [5.74, 6) is 0.667. The highest BCUT2D eigenvalue weighted by atomic mass is 35.5. The molecule has 0 saturated carbocycles. The van der Waals surface area contributed by atoms with Gasteiger partial charge in [-0.25, -0.2) is 0 Å². The molecule has 0 aliphatic carbocycles. The third-order valence-corrected chi connectivity index (χ3v) is 2.97. The number of nitrogens with zero attached hydrogens (tertiary/aromatic N) is 2. The second-order valence-corrected chi connectivity index (χ2v) is 4.97. The Kier molecular flexibility index (Phi) is 2.28. The van der Waals surface area contributed by atoms with Crippen LogP contribution in [-0.2, 0) is 0 Å². The molecule has 0 aliphatic heterocycles. The van der Waals surface area contributed by atoms with E-state index in [2.05, 4.69) is 10.4 Å². The van der Waals surface area contributed by atoms with Gasteiger partial charge in [0.25, 0.3) is 0 Å². The van der Waals surface area contributed by atoms with Gasteiger partial charge in [0, 0.05) is 6.04 Å². The summed E-state index contributed by atoms with van der Waals surface area (Å²) in [6.45, 7) is 4.02. The van der Waals surface area contributed by atoms with Gasteiger partial charge in [0.2, 0.25) is 0 Å². The Bertz CT molecular complexity index is 462. The molecule has 2 heterocycles. The fraction of sp³-hybridized carbons (Fsp3) is 0.375. The molecule has 2 aromatic heterocycles. The van der Waals surface area contributed by atoms with Crippen LogP contribution < -0.4 is 5.32 Å². The van der Waals surface area contributed by atoms with Gasteiger partial charge in [-0.15, -0.1) is 16.4 Å². The van der Waals surface area contributed by atoms with Crippen LogP contribution in [0.3, 0.4) is 0 Å². The molecule has 0 saturated heterocycles. The van der Waals surface area contributed by atoms with Crippen LogP contribution in [-0.4, -0.2) is 21.2 Å². The molecule has 0 spiro atoms. The Morgan fingerprint density at radius 3 is 3.00 bits per heavy atom. The average molecular weight is 232 g/mol. The number of fused-ring (bicyclic) bond motifs is 1. The van der Waals surface area contributed by atoms with Crippen LogP contribution in [0, 0.1) is 0 Å². The fourth-order valence-electron chi connectivity index (χ4n) is 1.24. The zero-order valence-corrected chi connectivity index (χ0v) is 9.35. The maximum atomic E-state index is 9.44. The number of thiophene rings is 1. The van der Waals surface area contributed by atoms with E-state index < -0.39 is 0 Å². The van der Waals surface area contributed by atoms with Crippen LogP contribution in [0.4, 0.5) is 5.82 Å². The van der Waals surface area contributed by atoms with Crippen molar-refractivity contribution in [1.82, 2.24) is 9.94 Å². The van der Waals surface area contributed by atoms with Gasteiger partial charge in [-0.1, -0.05) is 16.4 Å². The standard InChI is InChI=1S/C8H10ClN3OS/c1-4(2)10-7-5-3-6(9)14-8(5)12(13)11-7/h3-4,13H,1-2H3,(H,10,11). The lowest BCUT2D eigenvalue weighted by molar-refractivity contribution is 0.163. The maximum absolute atomic E-state index is 9.44. The van der Waals surface area contributed by atoms with Gasteiger partial charge in [0.15, 0.2) is 10.6 Å². The predicted octanol–water partition coefficient (Wildman–Crippen LogP) is 2.81. The Labute approximate surface area is 90.1 Å². The summed E-state index contributed by atoms with van der Waals surface area (Å²) in [6.07, 6.45) is 0. The van der Waals surface area contributed by atoms with Gasteiger partial charge in [0.05, 0.1) is 9.72 Å². The number of anilines is 1. The number of nitrogens with one attached hydrogen (secondary N) is 1. The summed E-state index contributed by atoms with van der Waals surface area (Å²) in [4.78, 5) is 1.52. The maximum Gasteiger partial charge on any atom is 0.166 e. The summed E-state index contributed by atoms with van der Waals surface area (Å²) < 4.78 is 0.645. The summed E-state index contributed by atoms with van der Waals surface area (Å²) in [7, 11) is 0. The lowest BCUT2D eigenvalue weighted by atomic mass is 10.3. The highest BCUT2D eigenvalue weighted by molar-refractivity contribution is 7.22. The van der Waals surface area contributed by atoms with Gasteiger partial charge in [-0.3, -0.25) is 0 Å². The molecule has 0 fully saturated rings. The third-order valence-electron chi connectivity index (χ3n) is 1.74. The van der Waals surface area contributed by atoms with Crippen molar-refractivity contribution in [3.8, 4) is 0 Å². The van der Waals surface area contributed by atoms with Crippen molar-refractivity contribution in [3.63, 3.8) is 0 Å². The minimum atomic E-state index is 0.270. The lowest BCUT2D eigenvalue weighted by Crippen LogP contribution is -2.10. The van der Waals surface area contributed by atoms with Crippen molar-refractivity contribution in [3.05, 3.63) is 10.4 Å². The van der Waals surface area contributed by atoms with E-state index in [-0.39, 0.29) is 6.04 Å². The second kappa shape index (κ2) is 3.33. The molecule has 0 aliphatic rings. The van der Waals surface area contributed by atoms with E-state index in [4.69, 9.17) is 11.6 Å². The van der Waals surface area contributed by atoms with Crippen LogP contribution in [0.15, 0.2) is 6.07 Å². The average Bonchev–Trinajstić information content (AvgIpc) is 2.54. The fourth-order valence-corrected chi connectivity index (χ4v) is 2.32. The molecule has 2 aromatic rings. The summed E-state index contributed by atoms with van der Waals surface area (Å²) in [6, 6.07) is 2.07. The minimum absolute atomic E-state index is 0.270. The molecule has 0 amide bonds. The first-order valence-electron chi connectivity index (χ1n) is 4.22. The number of halogens is 1. The van der Waals surface area contributed by atoms with E-state index in [1.807, 2.05) is 13.8 Å². The molecule has 0 aromatic carbocycles. The van der Waals surface area contributed by atoms with E-state index in [9.17, 15) is 5.21 Å². The van der Waals surface area contributed by atoms with Crippen molar-refractivity contribution in [1.29, 1.82) is 0 Å². The van der Waals surface area contributed by atoms with Crippen molar-refractivity contribution in [2.75, 3.05) is 5.32 Å². The minimum Gasteiger partial charge on any atom is -0.411 e. The molecular formula is C8H10ClN3OS. The van der Waals surface area contributed by atoms with Crippen molar-refractivity contribution >= 4 is 39.0 Å². The lowest BCUT2D eigenvalue weighted by Gasteiger charge is -2.05. The highest BCUT2D eigenvalue weighted by Crippen LogP contribution is 2.33. The molecule has 14 heavy (non-hydrogen) atoms. The smallest absolute Gasteiger partial charge is 0.166 e. The first-order chi connectivity index (χ1) is 6.58. The quantitative estimate of drug-likeness (QED) is 0.782. The van der Waals surface area contributed by atoms with E-state index in [0.29, 0.717) is 15.0 Å². The van der Waals surface area contributed by atoms with Gasteiger partial charge < -0.3 is 10.5 Å². The molecule has 0 radical (unpaired) electrons. The monoisotopic (exact) mass is 231 g/mol. The van der Waals surface area contributed by atoms with Crippen LogP contribution in [0.2, 0.25) is 4.34 Å². The molecule has 2 N–H and O–H groups in total. The Morgan fingerprint density at radius 1 is 1.64 bits per heavy atom. The second-order valence-electron chi connectivity index (χ2n) is 3.31. The normalized spacial score (nSPS) is 11.4. The van der Waals surface area contributed by atoms with Gasteiger partial charge >= 0.3 is 0 Å². The van der Waals surface area contributed by atoms with E-state index in [0.717, 1.165) is 10.2 Å². The van der Waals surface area contributed by atoms with E-state index in [1.165, 1.54) is 11.3 Å². The zero-order valence-electron chi connectivity index (χ0n) is 7.78. The van der Waals surface area contributed by atoms with Gasteiger partial charge in [0.1, 0.15) is 0 Å². The highest BCUT2D eigenvalue weighted by Gasteiger charge is 2.13. The molecule has 4 nitrogen and oxygen atoms in total. The van der Waals surface area contributed by atoms with E-state index >= 15 is 0 Å². The molecule has 6 heteroatoms. The number of aromatic nitrogens is 2. The van der Waals surface area contributed by atoms with Crippen molar-refractivity contribution in [2.45, 2.75) is 19.9 Å². The molecule has 0 unspecified atom stereocenters. The van der Waals surface area contributed by atoms with Crippen LogP contribution >= 0.6 is 22.9 Å². The first kappa shape index (κ1) is 9.61. The Balaban J connectivity index is 2.53. The largest absolute Gasteiger partial charge is 0.411 e. The summed E-state index contributed by atoms with van der Waals surface area (Å²) in [5, 5.41) is 17.4. The summed E-state index contributed by atoms with van der Waals surface area (Å²) >= 11 is 7.15. The SMILES string of the molecule is CC(C)Nc1nn(O)c2sc(Cl)cc12. The Morgan fingerprint density at radius 2 is 2.36 bits per heavy atom. The third kappa shape index (κ3) is 1.53. The first-order valence-corrected chi connectivity index (χ1v) is 5.41. The number of hydrogen-bond acceptors (Lipinski definition) is 4. The van der Waals surface area contributed by atoms with Crippen molar-refractivity contribution in [2.24, 2.45) is 0 Å². The number of hydrogen-bond donors (Lipinski definition) is 2. The molecule has 0 bridgehead atoms. The molecular weight excluding hydrogens is 222 g/mol. The predicted molar refractivity (Wildman–Crippen MR) is 58.6 cm³/mol. The van der Waals surface area contributed by atoms with Crippen LogP contribution in [0.5, 0.6) is 0 Å². The molecule has 0 atom stereocenters. The van der Waals surface area contributed by atoms with Gasteiger partial charge in [-0.2, -0.15) is 0 Å². The zero-order chi connectivity index (χ0) is 10.3. The van der Waals surface area contributed by atoms with Gasteiger partial charge in [-0.05, 0) is 19.9 Å². The van der Waals surface area contributed by atoms with E-state index in [1.54, 1.807) is 6.07 Å². The molecule has 76 valence electrons. The summed E-state index contributed by atoms with van der Waals surface area (Å²) in [5.41, 5.74) is 0.